The van der Waals surface area contributed by atoms with E-state index in [4.69, 9.17) is 4.74 Å². The lowest BCUT2D eigenvalue weighted by molar-refractivity contribution is -0.149. The molecule has 0 unspecified atom stereocenters. The normalized spacial score (nSPS) is 23.8. The van der Waals surface area contributed by atoms with Crippen molar-refractivity contribution < 1.29 is 19.1 Å². The first-order chi connectivity index (χ1) is 14.3. The maximum atomic E-state index is 12.9. The van der Waals surface area contributed by atoms with Gasteiger partial charge < -0.3 is 10.1 Å². The first-order valence-corrected chi connectivity index (χ1v) is 10.1. The molecule has 30 heavy (non-hydrogen) atoms. The number of urea groups is 1. The number of aromatic nitrogens is 2. The first kappa shape index (κ1) is 20.1. The molecule has 9 nitrogen and oxygen atoms in total. The predicted molar refractivity (Wildman–Crippen MR) is 107 cm³/mol. The van der Waals surface area contributed by atoms with Crippen molar-refractivity contribution in [1.82, 2.24) is 19.6 Å². The van der Waals surface area contributed by atoms with E-state index in [1.165, 1.54) is 10.5 Å². The van der Waals surface area contributed by atoms with Gasteiger partial charge in [0.15, 0.2) is 0 Å². The summed E-state index contributed by atoms with van der Waals surface area (Å²) in [5, 5.41) is 2.80. The molecule has 1 aliphatic carbocycles. The molecule has 1 aliphatic heterocycles. The van der Waals surface area contributed by atoms with E-state index in [0.717, 1.165) is 29.9 Å². The number of rotatable bonds is 4. The number of fused-ring (bicyclic) bond motifs is 1. The molecule has 2 atom stereocenters. The van der Waals surface area contributed by atoms with Crippen molar-refractivity contribution in [2.24, 2.45) is 5.92 Å². The van der Waals surface area contributed by atoms with Gasteiger partial charge in [-0.3, -0.25) is 23.7 Å². The molecule has 1 N–H and O–H groups in total. The summed E-state index contributed by atoms with van der Waals surface area (Å²) in [4.78, 5) is 55.2. The zero-order valence-corrected chi connectivity index (χ0v) is 17.0. The van der Waals surface area contributed by atoms with Gasteiger partial charge in [0.1, 0.15) is 24.3 Å². The average molecular weight is 412 g/mol. The Labute approximate surface area is 173 Å². The van der Waals surface area contributed by atoms with Gasteiger partial charge >= 0.3 is 12.0 Å². The number of carbonyl (C=O) groups excluding carboxylic acids is 3. The zero-order valence-electron chi connectivity index (χ0n) is 17.0. The van der Waals surface area contributed by atoms with Crippen LogP contribution in [0.2, 0.25) is 0 Å². The van der Waals surface area contributed by atoms with Crippen LogP contribution in [0.1, 0.15) is 44.0 Å². The van der Waals surface area contributed by atoms with E-state index >= 15 is 0 Å². The van der Waals surface area contributed by atoms with Gasteiger partial charge in [0.05, 0.1) is 5.69 Å². The minimum absolute atomic E-state index is 0.0157. The highest BCUT2D eigenvalue weighted by molar-refractivity contribution is 6.08. The molecule has 1 saturated carbocycles. The van der Waals surface area contributed by atoms with Crippen molar-refractivity contribution in [3.05, 3.63) is 46.0 Å². The summed E-state index contributed by atoms with van der Waals surface area (Å²) >= 11 is 0. The van der Waals surface area contributed by atoms with Crippen LogP contribution in [0.3, 0.4) is 0 Å². The van der Waals surface area contributed by atoms with Crippen molar-refractivity contribution >= 4 is 23.6 Å². The molecule has 2 fully saturated rings. The van der Waals surface area contributed by atoms with Crippen molar-refractivity contribution in [2.45, 2.75) is 51.7 Å². The van der Waals surface area contributed by atoms with Gasteiger partial charge in [-0.2, -0.15) is 0 Å². The number of hydrogen-bond acceptors (Lipinski definition) is 6. The molecule has 1 spiro atoms. The maximum absolute atomic E-state index is 12.9. The second kappa shape index (κ2) is 7.55. The molecular weight excluding hydrogens is 388 g/mol. The number of aryl methyl sites for hydroxylation is 1. The third-order valence-electron chi connectivity index (χ3n) is 6.10. The maximum Gasteiger partial charge on any atom is 0.326 e. The largest absolute Gasteiger partial charge is 0.458 e. The van der Waals surface area contributed by atoms with Crippen LogP contribution in [-0.2, 0) is 20.9 Å². The third kappa shape index (κ3) is 3.34. The van der Waals surface area contributed by atoms with Crippen LogP contribution in [0.4, 0.5) is 4.79 Å². The van der Waals surface area contributed by atoms with Crippen LogP contribution in [0.15, 0.2) is 29.1 Å². The van der Waals surface area contributed by atoms with Crippen LogP contribution in [-0.4, -0.2) is 44.3 Å². The summed E-state index contributed by atoms with van der Waals surface area (Å²) < 4.78 is 6.66. The van der Waals surface area contributed by atoms with Crippen molar-refractivity contribution in [1.29, 1.82) is 0 Å². The fourth-order valence-corrected chi connectivity index (χ4v) is 4.41. The molecule has 1 saturated heterocycles. The van der Waals surface area contributed by atoms with Crippen LogP contribution in [0.5, 0.6) is 0 Å². The molecule has 0 bridgehead atoms. The number of nitrogens with one attached hydrogen (secondary N) is 1. The molecular formula is C21H24N4O5. The Hall–Kier alpha value is -3.23. The number of hydrogen-bond donors (Lipinski definition) is 1. The fourth-order valence-electron chi connectivity index (χ4n) is 4.41. The van der Waals surface area contributed by atoms with E-state index in [2.05, 4.69) is 10.3 Å². The van der Waals surface area contributed by atoms with E-state index in [1.807, 2.05) is 6.92 Å². The molecule has 2 aliphatic rings. The van der Waals surface area contributed by atoms with E-state index < -0.39 is 24.1 Å². The summed E-state index contributed by atoms with van der Waals surface area (Å²) in [7, 11) is 0. The molecule has 2 aromatic rings. The fraction of sp³-hybridized carbons (Fsp3) is 0.476. The van der Waals surface area contributed by atoms with E-state index in [9.17, 15) is 19.2 Å². The Morgan fingerprint density at radius 3 is 2.87 bits per heavy atom. The van der Waals surface area contributed by atoms with Gasteiger partial charge in [0, 0.05) is 11.8 Å². The zero-order chi connectivity index (χ0) is 21.5. The molecule has 3 heterocycles. The molecule has 0 radical (unpaired) electrons. The Bertz CT molecular complexity index is 1090. The monoisotopic (exact) mass is 412 g/mol. The lowest BCUT2D eigenvalue weighted by atomic mass is 9.73. The molecule has 158 valence electrons. The Morgan fingerprint density at radius 1 is 1.30 bits per heavy atom. The van der Waals surface area contributed by atoms with Gasteiger partial charge in [0.25, 0.3) is 11.5 Å². The van der Waals surface area contributed by atoms with E-state index in [-0.39, 0.29) is 24.0 Å². The molecule has 9 heteroatoms. The first-order valence-electron chi connectivity index (χ1n) is 10.1. The number of carbonyl (C=O) groups is 3. The number of esters is 1. The lowest BCUT2D eigenvalue weighted by Crippen LogP contribution is -2.54. The van der Waals surface area contributed by atoms with Crippen molar-refractivity contribution in [3.8, 4) is 0 Å². The predicted octanol–water partition coefficient (Wildman–Crippen LogP) is 1.55. The molecule has 2 aromatic heterocycles. The van der Waals surface area contributed by atoms with Crippen LogP contribution < -0.4 is 10.9 Å². The average Bonchev–Trinajstić information content (AvgIpc) is 2.93. The summed E-state index contributed by atoms with van der Waals surface area (Å²) in [6.07, 6.45) is 3.31. The number of nitrogens with zero attached hydrogens (tertiary/aromatic N) is 3. The highest BCUT2D eigenvalue weighted by Gasteiger charge is 2.55. The van der Waals surface area contributed by atoms with E-state index in [1.54, 1.807) is 25.1 Å². The minimum Gasteiger partial charge on any atom is -0.458 e. The Morgan fingerprint density at radius 2 is 2.10 bits per heavy atom. The Kier molecular flexibility index (Phi) is 5.05. The number of amides is 3. The molecule has 3 amide bonds. The summed E-state index contributed by atoms with van der Waals surface area (Å²) in [6, 6.07) is 6.01. The smallest absolute Gasteiger partial charge is 0.326 e. The molecule has 0 aromatic carbocycles. The number of pyridine rings is 1. The topological polar surface area (TPSA) is 110 Å². The van der Waals surface area contributed by atoms with Gasteiger partial charge in [-0.05, 0) is 37.8 Å². The van der Waals surface area contributed by atoms with Gasteiger partial charge in [-0.25, -0.2) is 9.78 Å². The van der Waals surface area contributed by atoms with E-state index in [0.29, 0.717) is 17.8 Å². The Balaban J connectivity index is 1.43. The second-order valence-corrected chi connectivity index (χ2v) is 8.05. The quantitative estimate of drug-likeness (QED) is 0.603. The van der Waals surface area contributed by atoms with Gasteiger partial charge in [-0.15, -0.1) is 0 Å². The van der Waals surface area contributed by atoms with Crippen LogP contribution >= 0.6 is 0 Å². The summed E-state index contributed by atoms with van der Waals surface area (Å²) in [6.45, 7) is 3.06. The van der Waals surface area contributed by atoms with Crippen molar-refractivity contribution in [2.75, 3.05) is 6.54 Å². The second-order valence-electron chi connectivity index (χ2n) is 8.05. The lowest BCUT2D eigenvalue weighted by Gasteiger charge is -2.36. The summed E-state index contributed by atoms with van der Waals surface area (Å²) in [5.74, 6) is -1.08. The summed E-state index contributed by atoms with van der Waals surface area (Å²) in [5.41, 5.74) is 0.316. The number of imide groups is 1. The standard InChI is InChI=1S/C21H24N4O5/c1-13-6-3-4-9-21(13)19(28)24(20(29)23-21)11-18(27)30-12-15-10-17(26)25-14(2)7-5-8-16(25)22-15/h5,7-8,10,13H,3-4,6,9,11-12H2,1-2H3,(H,23,29)/t13-,21+/m0/s1. The minimum atomic E-state index is -0.915. The SMILES string of the molecule is Cc1cccc2nc(COC(=O)CN3C(=O)N[C@@]4(CCCC[C@@H]4C)C3=O)cc(=O)n12. The van der Waals surface area contributed by atoms with Gasteiger partial charge in [0.2, 0.25) is 0 Å². The third-order valence-corrected chi connectivity index (χ3v) is 6.10. The van der Waals surface area contributed by atoms with Crippen LogP contribution in [0, 0.1) is 12.8 Å². The van der Waals surface area contributed by atoms with Crippen LogP contribution in [0.25, 0.3) is 5.65 Å². The van der Waals surface area contributed by atoms with Crippen molar-refractivity contribution in [3.63, 3.8) is 0 Å². The van der Waals surface area contributed by atoms with Gasteiger partial charge in [-0.1, -0.05) is 25.8 Å². The number of ether oxygens (including phenoxy) is 1. The highest BCUT2D eigenvalue weighted by Crippen LogP contribution is 2.38. The molecule has 4 rings (SSSR count). The highest BCUT2D eigenvalue weighted by atomic mass is 16.5.